The van der Waals surface area contributed by atoms with Gasteiger partial charge in [-0.1, -0.05) is 17.4 Å². The fourth-order valence-electron chi connectivity index (χ4n) is 3.66. The van der Waals surface area contributed by atoms with Gasteiger partial charge < -0.3 is 9.64 Å². The molecule has 13 heteroatoms. The second kappa shape index (κ2) is 14.8. The number of hydrogen-bond acceptors (Lipinski definition) is 9. The molecular formula is C26H31ClN6O4S2. The number of thiazole rings is 1. The van der Waals surface area contributed by atoms with Gasteiger partial charge in [0.1, 0.15) is 11.3 Å². The molecule has 0 fully saturated rings. The summed E-state index contributed by atoms with van der Waals surface area (Å²) in [5.74, 6) is 0.345. The van der Waals surface area contributed by atoms with Crippen molar-refractivity contribution in [3.63, 3.8) is 0 Å². The molecule has 1 amide bonds. The summed E-state index contributed by atoms with van der Waals surface area (Å²) >= 11 is 1.39. The van der Waals surface area contributed by atoms with Crippen LogP contribution in [-0.4, -0.2) is 75.4 Å². The summed E-state index contributed by atoms with van der Waals surface area (Å²) < 4.78 is 34.0. The van der Waals surface area contributed by atoms with Crippen LogP contribution in [-0.2, 0) is 10.0 Å². The van der Waals surface area contributed by atoms with E-state index in [0.29, 0.717) is 41.7 Å². The number of likely N-dealkylation sites (N-methyl/N-ethyl adjacent to an activating group) is 1. The number of carbonyl (C=O) groups is 1. The van der Waals surface area contributed by atoms with Gasteiger partial charge in [0.15, 0.2) is 5.13 Å². The monoisotopic (exact) mass is 590 g/mol. The molecule has 0 saturated heterocycles. The number of anilines is 1. The highest BCUT2D eigenvalue weighted by Gasteiger charge is 2.26. The predicted molar refractivity (Wildman–Crippen MR) is 154 cm³/mol. The molecule has 0 bridgehead atoms. The predicted octanol–water partition coefficient (Wildman–Crippen LogP) is 4.14. The SMILES string of the molecule is CCOc1cccc2sc(N(CCN(C)C)C(=O)c3ccc(S(=O)(=O)N(CCC#N)CCC#N)cc3)nc12.Cl. The van der Waals surface area contributed by atoms with Crippen molar-refractivity contribution in [3.8, 4) is 17.9 Å². The van der Waals surface area contributed by atoms with Crippen LogP contribution in [0.5, 0.6) is 5.75 Å². The molecule has 39 heavy (non-hydrogen) atoms. The molecule has 3 rings (SSSR count). The first kappa shape index (κ1) is 32.0. The van der Waals surface area contributed by atoms with Crippen LogP contribution in [0.3, 0.4) is 0 Å². The highest BCUT2D eigenvalue weighted by Crippen LogP contribution is 2.35. The number of benzene rings is 2. The van der Waals surface area contributed by atoms with Crippen molar-refractivity contribution < 1.29 is 17.9 Å². The number of hydrogen-bond donors (Lipinski definition) is 0. The third-order valence-electron chi connectivity index (χ3n) is 5.60. The normalized spacial score (nSPS) is 11.2. The maximum atomic E-state index is 13.6. The molecule has 2 aromatic carbocycles. The van der Waals surface area contributed by atoms with E-state index < -0.39 is 10.0 Å². The van der Waals surface area contributed by atoms with Gasteiger partial charge in [-0.25, -0.2) is 13.4 Å². The fraction of sp³-hybridized carbons (Fsp3) is 0.385. The van der Waals surface area contributed by atoms with Crippen molar-refractivity contribution in [3.05, 3.63) is 48.0 Å². The Hall–Kier alpha value is -3.26. The average molecular weight is 591 g/mol. The Morgan fingerprint density at radius 3 is 2.21 bits per heavy atom. The molecule has 0 N–H and O–H groups in total. The van der Waals surface area contributed by atoms with E-state index in [0.717, 1.165) is 9.01 Å². The number of halogens is 1. The van der Waals surface area contributed by atoms with Crippen molar-refractivity contribution >= 4 is 55.0 Å². The zero-order valence-corrected chi connectivity index (χ0v) is 24.5. The van der Waals surface area contributed by atoms with Crippen LogP contribution in [0.2, 0.25) is 0 Å². The van der Waals surface area contributed by atoms with E-state index in [1.807, 2.05) is 56.3 Å². The summed E-state index contributed by atoms with van der Waals surface area (Å²) in [6.45, 7) is 3.34. The summed E-state index contributed by atoms with van der Waals surface area (Å²) in [5, 5.41) is 18.3. The van der Waals surface area contributed by atoms with E-state index in [-0.39, 0.29) is 49.1 Å². The van der Waals surface area contributed by atoms with Crippen LogP contribution >= 0.6 is 23.7 Å². The quantitative estimate of drug-likeness (QED) is 0.290. The molecule has 0 aliphatic heterocycles. The van der Waals surface area contributed by atoms with Crippen molar-refractivity contribution in [1.82, 2.24) is 14.2 Å². The molecule has 0 spiro atoms. The van der Waals surface area contributed by atoms with Crippen LogP contribution < -0.4 is 9.64 Å². The molecule has 0 saturated carbocycles. The smallest absolute Gasteiger partial charge is 0.260 e. The maximum absolute atomic E-state index is 13.6. The largest absolute Gasteiger partial charge is 0.492 e. The topological polar surface area (TPSA) is 131 Å². The number of rotatable bonds is 13. The minimum atomic E-state index is -3.93. The minimum absolute atomic E-state index is 0. The average Bonchev–Trinajstić information content (AvgIpc) is 3.33. The number of nitriles is 2. The molecule has 0 aliphatic rings. The van der Waals surface area contributed by atoms with Crippen LogP contribution in [0.25, 0.3) is 10.2 Å². The zero-order chi connectivity index (χ0) is 27.7. The highest BCUT2D eigenvalue weighted by atomic mass is 35.5. The molecule has 208 valence electrons. The number of amides is 1. The second-order valence-electron chi connectivity index (χ2n) is 8.54. The van der Waals surface area contributed by atoms with Gasteiger partial charge in [0, 0.05) is 44.6 Å². The van der Waals surface area contributed by atoms with E-state index in [9.17, 15) is 13.2 Å². The third kappa shape index (κ3) is 7.88. The summed E-state index contributed by atoms with van der Waals surface area (Å²) in [5.41, 5.74) is 1.00. The van der Waals surface area contributed by atoms with Crippen LogP contribution in [0.15, 0.2) is 47.4 Å². The van der Waals surface area contributed by atoms with E-state index in [2.05, 4.69) is 0 Å². The summed E-state index contributed by atoms with van der Waals surface area (Å²) in [7, 11) is -0.104. The molecular weight excluding hydrogens is 560 g/mol. The summed E-state index contributed by atoms with van der Waals surface area (Å²) in [6.07, 6.45) is 0.0183. The van der Waals surface area contributed by atoms with E-state index >= 15 is 0 Å². The first-order valence-electron chi connectivity index (χ1n) is 12.1. The van der Waals surface area contributed by atoms with Crippen molar-refractivity contribution in [2.24, 2.45) is 0 Å². The second-order valence-corrected chi connectivity index (χ2v) is 11.5. The molecule has 10 nitrogen and oxygen atoms in total. The Morgan fingerprint density at radius 2 is 1.64 bits per heavy atom. The molecule has 1 heterocycles. The van der Waals surface area contributed by atoms with E-state index in [4.69, 9.17) is 20.2 Å². The number of aromatic nitrogens is 1. The highest BCUT2D eigenvalue weighted by molar-refractivity contribution is 7.89. The molecule has 0 unspecified atom stereocenters. The zero-order valence-electron chi connectivity index (χ0n) is 22.0. The summed E-state index contributed by atoms with van der Waals surface area (Å²) in [6, 6.07) is 15.2. The van der Waals surface area contributed by atoms with Gasteiger partial charge in [-0.05, 0) is 57.4 Å². The number of nitrogens with zero attached hydrogens (tertiary/aromatic N) is 6. The van der Waals surface area contributed by atoms with E-state index in [1.54, 1.807) is 4.90 Å². The summed E-state index contributed by atoms with van der Waals surface area (Å²) in [4.78, 5) is 21.9. The Kier molecular flexibility index (Phi) is 12.1. The van der Waals surface area contributed by atoms with Crippen molar-refractivity contribution in [2.45, 2.75) is 24.7 Å². The minimum Gasteiger partial charge on any atom is -0.492 e. The van der Waals surface area contributed by atoms with Gasteiger partial charge in [-0.3, -0.25) is 9.69 Å². The maximum Gasteiger partial charge on any atom is 0.260 e. The first-order chi connectivity index (χ1) is 18.2. The Bertz CT molecular complexity index is 1430. The lowest BCUT2D eigenvalue weighted by molar-refractivity contribution is 0.0985. The van der Waals surface area contributed by atoms with Crippen LogP contribution in [0.4, 0.5) is 5.13 Å². The van der Waals surface area contributed by atoms with Crippen molar-refractivity contribution in [2.75, 3.05) is 51.8 Å². The van der Waals surface area contributed by atoms with Gasteiger partial charge in [0.2, 0.25) is 10.0 Å². The van der Waals surface area contributed by atoms with Crippen molar-refractivity contribution in [1.29, 1.82) is 10.5 Å². The number of carbonyl (C=O) groups excluding carboxylic acids is 1. The Labute approximate surface area is 239 Å². The van der Waals surface area contributed by atoms with Gasteiger partial charge >= 0.3 is 0 Å². The lowest BCUT2D eigenvalue weighted by Gasteiger charge is -2.22. The first-order valence-corrected chi connectivity index (χ1v) is 14.3. The lowest BCUT2D eigenvalue weighted by atomic mass is 10.2. The van der Waals surface area contributed by atoms with Gasteiger partial charge in [-0.2, -0.15) is 14.8 Å². The van der Waals surface area contributed by atoms with Gasteiger partial charge in [-0.15, -0.1) is 12.4 Å². The molecule has 0 aliphatic carbocycles. The number of fused-ring (bicyclic) bond motifs is 1. The Morgan fingerprint density at radius 1 is 1.00 bits per heavy atom. The molecule has 1 aromatic heterocycles. The number of sulfonamides is 1. The lowest BCUT2D eigenvalue weighted by Crippen LogP contribution is -2.37. The fourth-order valence-corrected chi connectivity index (χ4v) is 6.11. The Balaban J connectivity index is 0.00000533. The third-order valence-corrected chi connectivity index (χ3v) is 8.56. The van der Waals surface area contributed by atoms with Gasteiger partial charge in [0.25, 0.3) is 5.91 Å². The molecule has 0 atom stereocenters. The van der Waals surface area contributed by atoms with Gasteiger partial charge in [0.05, 0.1) is 28.3 Å². The van der Waals surface area contributed by atoms with E-state index in [1.165, 1.54) is 35.6 Å². The van der Waals surface area contributed by atoms with Crippen LogP contribution in [0.1, 0.15) is 30.1 Å². The van der Waals surface area contributed by atoms with Crippen LogP contribution in [0, 0.1) is 22.7 Å². The molecule has 3 aromatic rings. The molecule has 0 radical (unpaired) electrons. The standard InChI is InChI=1S/C26H30N6O4S2.ClH/c1-4-36-22-8-5-9-23-24(22)29-26(37-23)32(19-18-30(2)3)25(33)20-10-12-21(13-11-20)38(34,35)31(16-6-14-27)17-7-15-28;/h5,8-13H,4,6-7,16-19H2,1-3H3;1H. The number of para-hydroxylation sites is 1. The number of ether oxygens (including phenoxy) is 1.